The minimum Gasteiger partial charge on any atom is -0.325 e. The van der Waals surface area contributed by atoms with E-state index < -0.39 is 10.0 Å². The largest absolute Gasteiger partial charge is 0.325 e. The Bertz CT molecular complexity index is 1100. The van der Waals surface area contributed by atoms with Crippen LogP contribution in [0.5, 0.6) is 0 Å². The molecule has 32 heavy (non-hydrogen) atoms. The minimum atomic E-state index is -3.53. The van der Waals surface area contributed by atoms with Crippen LogP contribution in [0.25, 0.3) is 0 Å². The summed E-state index contributed by atoms with van der Waals surface area (Å²) in [6, 6.07) is 7.64. The number of nitrogens with one attached hydrogen (secondary N) is 1. The molecule has 172 valence electrons. The smallest absolute Gasteiger partial charge is 0.243 e. The second-order valence-electron chi connectivity index (χ2n) is 9.29. The maximum Gasteiger partial charge on any atom is 0.243 e. The van der Waals surface area contributed by atoms with Crippen LogP contribution in [-0.4, -0.2) is 49.7 Å². The third-order valence-corrected chi connectivity index (χ3v) is 9.86. The SMILES string of the molecule is Cc1ccc(S(=O)(=O)N2CCCCC2)cc1NC(=O)CN1CCc2sccc2[C@@H]1C1CC1. The number of benzene rings is 1. The summed E-state index contributed by atoms with van der Waals surface area (Å²) < 4.78 is 27.7. The van der Waals surface area contributed by atoms with Crippen molar-refractivity contribution in [2.24, 2.45) is 5.92 Å². The van der Waals surface area contributed by atoms with Gasteiger partial charge in [-0.25, -0.2) is 8.42 Å². The highest BCUT2D eigenvalue weighted by atomic mass is 32.2. The van der Waals surface area contributed by atoms with Crippen LogP contribution in [0.4, 0.5) is 5.69 Å². The van der Waals surface area contributed by atoms with Gasteiger partial charge in [0.15, 0.2) is 0 Å². The zero-order chi connectivity index (χ0) is 22.3. The summed E-state index contributed by atoms with van der Waals surface area (Å²) >= 11 is 1.83. The Morgan fingerprint density at radius 2 is 1.91 bits per heavy atom. The van der Waals surface area contributed by atoms with Gasteiger partial charge in [0, 0.05) is 36.2 Å². The molecular weight excluding hydrogens is 442 g/mol. The Hall–Kier alpha value is -1.74. The molecule has 0 unspecified atom stereocenters. The number of rotatable bonds is 6. The summed E-state index contributed by atoms with van der Waals surface area (Å²) in [5, 5.41) is 5.18. The van der Waals surface area contributed by atoms with E-state index in [0.717, 1.165) is 37.8 Å². The Labute approximate surface area is 194 Å². The van der Waals surface area contributed by atoms with Crippen LogP contribution in [0.15, 0.2) is 34.5 Å². The van der Waals surface area contributed by atoms with Gasteiger partial charge >= 0.3 is 0 Å². The van der Waals surface area contributed by atoms with Gasteiger partial charge < -0.3 is 5.32 Å². The molecule has 1 aliphatic carbocycles. The van der Waals surface area contributed by atoms with E-state index in [2.05, 4.69) is 21.7 Å². The van der Waals surface area contributed by atoms with Gasteiger partial charge in [-0.2, -0.15) is 4.31 Å². The minimum absolute atomic E-state index is 0.0787. The lowest BCUT2D eigenvalue weighted by Gasteiger charge is -2.35. The quantitative estimate of drug-likeness (QED) is 0.683. The zero-order valence-corrected chi connectivity index (χ0v) is 20.2. The first-order chi connectivity index (χ1) is 15.4. The summed E-state index contributed by atoms with van der Waals surface area (Å²) in [4.78, 5) is 17.1. The van der Waals surface area contributed by atoms with Gasteiger partial charge in [0.2, 0.25) is 15.9 Å². The number of carbonyl (C=O) groups is 1. The maximum absolute atomic E-state index is 13.1. The topological polar surface area (TPSA) is 69.7 Å². The summed E-state index contributed by atoms with van der Waals surface area (Å²) in [6.45, 7) is 4.27. The number of aryl methyl sites for hydroxylation is 1. The number of piperidine rings is 1. The zero-order valence-electron chi connectivity index (χ0n) is 18.5. The normalized spacial score (nSPS) is 22.5. The van der Waals surface area contributed by atoms with Gasteiger partial charge in [0.25, 0.3) is 0 Å². The van der Waals surface area contributed by atoms with Crippen molar-refractivity contribution in [1.29, 1.82) is 0 Å². The molecule has 3 aliphatic rings. The lowest BCUT2D eigenvalue weighted by atomic mass is 9.96. The Kier molecular flexibility index (Phi) is 6.13. The van der Waals surface area contributed by atoms with Gasteiger partial charge in [-0.3, -0.25) is 9.69 Å². The van der Waals surface area contributed by atoms with Crippen LogP contribution in [0.1, 0.15) is 54.1 Å². The van der Waals surface area contributed by atoms with Crippen molar-refractivity contribution in [2.45, 2.75) is 56.4 Å². The van der Waals surface area contributed by atoms with Crippen molar-refractivity contribution in [3.8, 4) is 0 Å². The first-order valence-electron chi connectivity index (χ1n) is 11.6. The highest BCUT2D eigenvalue weighted by molar-refractivity contribution is 7.89. The second-order valence-corrected chi connectivity index (χ2v) is 12.2. The molecule has 0 radical (unpaired) electrons. The van der Waals surface area contributed by atoms with Crippen LogP contribution in [0.2, 0.25) is 0 Å². The van der Waals surface area contributed by atoms with E-state index in [4.69, 9.17) is 0 Å². The van der Waals surface area contributed by atoms with E-state index in [9.17, 15) is 13.2 Å². The molecule has 1 atom stereocenters. The summed E-state index contributed by atoms with van der Waals surface area (Å²) in [5.41, 5.74) is 2.86. The molecular formula is C24H31N3O3S2. The molecule has 5 rings (SSSR count). The molecule has 6 nitrogen and oxygen atoms in total. The Balaban J connectivity index is 1.31. The fourth-order valence-corrected chi connectivity index (χ4v) is 7.52. The van der Waals surface area contributed by atoms with Crippen molar-refractivity contribution >= 4 is 33.0 Å². The molecule has 1 aromatic heterocycles. The number of sulfonamides is 1. The number of hydrogen-bond donors (Lipinski definition) is 1. The van der Waals surface area contributed by atoms with Gasteiger partial charge in [-0.15, -0.1) is 11.3 Å². The lowest BCUT2D eigenvalue weighted by molar-refractivity contribution is -0.118. The van der Waals surface area contributed by atoms with E-state index in [1.54, 1.807) is 22.5 Å². The van der Waals surface area contributed by atoms with E-state index in [-0.39, 0.29) is 10.8 Å². The van der Waals surface area contributed by atoms with Crippen LogP contribution in [0.3, 0.4) is 0 Å². The van der Waals surface area contributed by atoms with Crippen molar-refractivity contribution < 1.29 is 13.2 Å². The molecule has 3 heterocycles. The summed E-state index contributed by atoms with van der Waals surface area (Å²) in [5.74, 6) is 0.571. The third-order valence-electron chi connectivity index (χ3n) is 6.97. The number of hydrogen-bond acceptors (Lipinski definition) is 5. The number of amides is 1. The standard InChI is InChI=1S/C24H31N3O3S2/c1-17-5-8-19(32(29,30)27-11-3-2-4-12-27)15-21(17)25-23(28)16-26-13-9-22-20(10-14-31-22)24(26)18-6-7-18/h5,8,10,14-15,18,24H,2-4,6-7,9,11-13,16H2,1H3,(H,25,28)/t24-/m0/s1. The van der Waals surface area contributed by atoms with Crippen LogP contribution in [0, 0.1) is 12.8 Å². The molecule has 0 spiro atoms. The van der Waals surface area contributed by atoms with Crippen LogP contribution in [-0.2, 0) is 21.2 Å². The van der Waals surface area contributed by atoms with Gasteiger partial charge in [-0.05, 0) is 79.7 Å². The fourth-order valence-electron chi connectivity index (χ4n) is 5.06. The van der Waals surface area contributed by atoms with Gasteiger partial charge in [0.1, 0.15) is 0 Å². The monoisotopic (exact) mass is 473 g/mol. The number of nitrogens with zero attached hydrogens (tertiary/aromatic N) is 2. The molecule has 2 fully saturated rings. The maximum atomic E-state index is 13.1. The highest BCUT2D eigenvalue weighted by Crippen LogP contribution is 2.48. The highest BCUT2D eigenvalue weighted by Gasteiger charge is 2.40. The Morgan fingerprint density at radius 1 is 1.12 bits per heavy atom. The molecule has 8 heteroatoms. The van der Waals surface area contributed by atoms with Gasteiger partial charge in [0.05, 0.1) is 11.4 Å². The van der Waals surface area contributed by atoms with E-state index >= 15 is 0 Å². The van der Waals surface area contributed by atoms with Crippen molar-refractivity contribution in [3.63, 3.8) is 0 Å². The average Bonchev–Trinajstić information content (AvgIpc) is 3.51. The number of carbonyl (C=O) groups excluding carboxylic acids is 1. The predicted molar refractivity (Wildman–Crippen MR) is 127 cm³/mol. The second kappa shape index (κ2) is 8.89. The third kappa shape index (κ3) is 4.38. The number of thiophene rings is 1. The van der Waals surface area contributed by atoms with E-state index in [1.807, 2.05) is 18.3 Å². The molecule has 1 saturated heterocycles. The Morgan fingerprint density at radius 3 is 2.66 bits per heavy atom. The van der Waals surface area contributed by atoms with Gasteiger partial charge in [-0.1, -0.05) is 12.5 Å². The lowest BCUT2D eigenvalue weighted by Crippen LogP contribution is -2.41. The van der Waals surface area contributed by atoms with E-state index in [0.29, 0.717) is 37.3 Å². The molecule has 0 bridgehead atoms. The summed E-state index contributed by atoms with van der Waals surface area (Å²) in [6.07, 6.45) is 6.33. The fraction of sp³-hybridized carbons (Fsp3) is 0.542. The first-order valence-corrected chi connectivity index (χ1v) is 14.0. The van der Waals surface area contributed by atoms with Crippen molar-refractivity contribution in [1.82, 2.24) is 9.21 Å². The number of anilines is 1. The van der Waals surface area contributed by atoms with Crippen molar-refractivity contribution in [2.75, 3.05) is 31.5 Å². The van der Waals surface area contributed by atoms with Crippen LogP contribution >= 0.6 is 11.3 Å². The molecule has 1 aromatic carbocycles. The first kappa shape index (κ1) is 22.1. The molecule has 2 aliphatic heterocycles. The molecule has 1 N–H and O–H groups in total. The number of fused-ring (bicyclic) bond motifs is 1. The molecule has 1 saturated carbocycles. The predicted octanol–water partition coefficient (Wildman–Crippen LogP) is 4.18. The van der Waals surface area contributed by atoms with E-state index in [1.165, 1.54) is 23.3 Å². The summed E-state index contributed by atoms with van der Waals surface area (Å²) in [7, 11) is -3.53. The van der Waals surface area contributed by atoms with Crippen LogP contribution < -0.4 is 5.32 Å². The molecule has 2 aromatic rings. The average molecular weight is 474 g/mol. The van der Waals surface area contributed by atoms with Crippen molar-refractivity contribution in [3.05, 3.63) is 45.6 Å². The molecule has 1 amide bonds.